The van der Waals surface area contributed by atoms with E-state index in [9.17, 15) is 4.79 Å². The van der Waals surface area contributed by atoms with Crippen molar-refractivity contribution in [2.75, 3.05) is 7.11 Å². The molecule has 0 aliphatic heterocycles. The number of hydrogen-bond donors (Lipinski definition) is 0. The van der Waals surface area contributed by atoms with Crippen molar-refractivity contribution in [2.45, 2.75) is 13.8 Å². The molecule has 0 atom stereocenters. The number of halogens is 1. The molecule has 4 heteroatoms. The van der Waals surface area contributed by atoms with E-state index in [0.29, 0.717) is 11.3 Å². The van der Waals surface area contributed by atoms with Crippen molar-refractivity contribution < 1.29 is 14.3 Å². The van der Waals surface area contributed by atoms with E-state index in [1.165, 1.54) is 7.11 Å². The molecule has 20 heavy (non-hydrogen) atoms. The number of carbonyl (C=O) groups excluding carboxylic acids is 1. The average molecular weight is 335 g/mol. The van der Waals surface area contributed by atoms with Crippen LogP contribution in [0.4, 0.5) is 0 Å². The Balaban J connectivity index is 2.32. The SMILES string of the molecule is COC(=O)c1cc(Oc2cc(C)cc(Br)c2)ccc1C. The molecule has 0 fully saturated rings. The van der Waals surface area contributed by atoms with Crippen LogP contribution < -0.4 is 4.74 Å². The summed E-state index contributed by atoms with van der Waals surface area (Å²) in [5.41, 5.74) is 2.46. The zero-order valence-corrected chi connectivity index (χ0v) is 13.2. The topological polar surface area (TPSA) is 35.5 Å². The maximum Gasteiger partial charge on any atom is 0.338 e. The van der Waals surface area contributed by atoms with Gasteiger partial charge in [0.05, 0.1) is 12.7 Å². The molecule has 0 unspecified atom stereocenters. The van der Waals surface area contributed by atoms with Crippen molar-refractivity contribution >= 4 is 21.9 Å². The Morgan fingerprint density at radius 3 is 2.45 bits per heavy atom. The van der Waals surface area contributed by atoms with Crippen molar-refractivity contribution in [1.82, 2.24) is 0 Å². The lowest BCUT2D eigenvalue weighted by atomic mass is 10.1. The Hall–Kier alpha value is -1.81. The Bertz CT molecular complexity index is 630. The van der Waals surface area contributed by atoms with E-state index in [2.05, 4.69) is 15.9 Å². The number of hydrogen-bond acceptors (Lipinski definition) is 3. The van der Waals surface area contributed by atoms with Gasteiger partial charge in [-0.05, 0) is 55.3 Å². The van der Waals surface area contributed by atoms with Gasteiger partial charge in [-0.1, -0.05) is 22.0 Å². The third kappa shape index (κ3) is 3.39. The maximum atomic E-state index is 11.7. The first-order valence-corrected chi connectivity index (χ1v) is 6.93. The molecule has 0 radical (unpaired) electrons. The van der Waals surface area contributed by atoms with Gasteiger partial charge < -0.3 is 9.47 Å². The van der Waals surface area contributed by atoms with Crippen LogP contribution in [0.2, 0.25) is 0 Å². The number of carbonyl (C=O) groups is 1. The van der Waals surface area contributed by atoms with Crippen LogP contribution >= 0.6 is 15.9 Å². The molecule has 0 N–H and O–H groups in total. The van der Waals surface area contributed by atoms with Crippen molar-refractivity contribution in [3.8, 4) is 11.5 Å². The highest BCUT2D eigenvalue weighted by atomic mass is 79.9. The summed E-state index contributed by atoms with van der Waals surface area (Å²) in [6.45, 7) is 3.85. The summed E-state index contributed by atoms with van der Waals surface area (Å²) < 4.78 is 11.5. The summed E-state index contributed by atoms with van der Waals surface area (Å²) in [6.07, 6.45) is 0. The predicted molar refractivity (Wildman–Crippen MR) is 81.5 cm³/mol. The first-order valence-electron chi connectivity index (χ1n) is 6.13. The summed E-state index contributed by atoms with van der Waals surface area (Å²) in [6, 6.07) is 11.2. The van der Waals surface area contributed by atoms with Gasteiger partial charge in [-0.25, -0.2) is 4.79 Å². The predicted octanol–water partition coefficient (Wildman–Crippen LogP) is 4.64. The fourth-order valence-corrected chi connectivity index (χ4v) is 2.48. The lowest BCUT2D eigenvalue weighted by molar-refractivity contribution is 0.0599. The van der Waals surface area contributed by atoms with E-state index in [-0.39, 0.29) is 5.97 Å². The van der Waals surface area contributed by atoms with Crippen LogP contribution in [0.1, 0.15) is 21.5 Å². The molecule has 0 aromatic heterocycles. The van der Waals surface area contributed by atoms with Crippen molar-refractivity contribution in [3.05, 3.63) is 57.6 Å². The van der Waals surface area contributed by atoms with E-state index in [1.807, 2.05) is 44.2 Å². The molecule has 0 aliphatic carbocycles. The zero-order chi connectivity index (χ0) is 14.7. The fourth-order valence-electron chi connectivity index (χ4n) is 1.89. The van der Waals surface area contributed by atoms with E-state index < -0.39 is 0 Å². The quantitative estimate of drug-likeness (QED) is 0.766. The average Bonchev–Trinajstić information content (AvgIpc) is 2.39. The van der Waals surface area contributed by atoms with Gasteiger partial charge in [0.1, 0.15) is 11.5 Å². The number of rotatable bonds is 3. The van der Waals surface area contributed by atoms with Crippen LogP contribution in [0.15, 0.2) is 40.9 Å². The van der Waals surface area contributed by atoms with Crippen LogP contribution in [-0.2, 0) is 4.74 Å². The number of aryl methyl sites for hydroxylation is 2. The van der Waals surface area contributed by atoms with Crippen molar-refractivity contribution in [2.24, 2.45) is 0 Å². The molecular formula is C16H15BrO3. The number of methoxy groups -OCH3 is 1. The summed E-state index contributed by atoms with van der Waals surface area (Å²) >= 11 is 3.43. The maximum absolute atomic E-state index is 11.7. The molecular weight excluding hydrogens is 320 g/mol. The monoisotopic (exact) mass is 334 g/mol. The van der Waals surface area contributed by atoms with Gasteiger partial charge in [0.25, 0.3) is 0 Å². The number of benzene rings is 2. The molecule has 2 aromatic rings. The van der Waals surface area contributed by atoms with Crippen LogP contribution in [-0.4, -0.2) is 13.1 Å². The zero-order valence-electron chi connectivity index (χ0n) is 11.6. The minimum atomic E-state index is -0.363. The Labute approximate surface area is 126 Å². The number of ether oxygens (including phenoxy) is 2. The molecule has 0 amide bonds. The molecule has 2 aromatic carbocycles. The van der Waals surface area contributed by atoms with Crippen molar-refractivity contribution in [3.63, 3.8) is 0 Å². The first-order chi connectivity index (χ1) is 9.49. The van der Waals surface area contributed by atoms with Crippen LogP contribution in [0.25, 0.3) is 0 Å². The van der Waals surface area contributed by atoms with Gasteiger partial charge in [0.2, 0.25) is 0 Å². The van der Waals surface area contributed by atoms with E-state index in [0.717, 1.165) is 21.3 Å². The molecule has 0 saturated carbocycles. The van der Waals surface area contributed by atoms with Crippen LogP contribution in [0, 0.1) is 13.8 Å². The largest absolute Gasteiger partial charge is 0.465 e. The minimum absolute atomic E-state index is 0.363. The lowest BCUT2D eigenvalue weighted by Gasteiger charge is -2.10. The Kier molecular flexibility index (Phi) is 4.45. The fraction of sp³-hybridized carbons (Fsp3) is 0.188. The summed E-state index contributed by atoms with van der Waals surface area (Å²) in [4.78, 5) is 11.7. The van der Waals surface area contributed by atoms with E-state index >= 15 is 0 Å². The first kappa shape index (κ1) is 14.6. The standard InChI is InChI=1S/C16H15BrO3/c1-10-6-12(17)8-14(7-10)20-13-5-4-11(2)15(9-13)16(18)19-3/h4-9H,1-3H3. The van der Waals surface area contributed by atoms with E-state index in [4.69, 9.17) is 9.47 Å². The lowest BCUT2D eigenvalue weighted by Crippen LogP contribution is -2.03. The summed E-state index contributed by atoms with van der Waals surface area (Å²) in [7, 11) is 1.37. The second-order valence-corrected chi connectivity index (χ2v) is 5.45. The third-order valence-corrected chi connectivity index (χ3v) is 3.32. The van der Waals surface area contributed by atoms with Crippen LogP contribution in [0.5, 0.6) is 11.5 Å². The van der Waals surface area contributed by atoms with Gasteiger partial charge >= 0.3 is 5.97 Å². The van der Waals surface area contributed by atoms with Gasteiger partial charge in [0, 0.05) is 4.47 Å². The molecule has 3 nitrogen and oxygen atoms in total. The highest BCUT2D eigenvalue weighted by Crippen LogP contribution is 2.27. The second kappa shape index (κ2) is 6.09. The summed E-state index contributed by atoms with van der Waals surface area (Å²) in [5, 5.41) is 0. The third-order valence-electron chi connectivity index (χ3n) is 2.87. The second-order valence-electron chi connectivity index (χ2n) is 4.53. The molecule has 0 heterocycles. The van der Waals surface area contributed by atoms with Gasteiger partial charge in [-0.15, -0.1) is 0 Å². The van der Waals surface area contributed by atoms with Crippen LogP contribution in [0.3, 0.4) is 0 Å². The van der Waals surface area contributed by atoms with Crippen molar-refractivity contribution in [1.29, 1.82) is 0 Å². The molecule has 0 spiro atoms. The highest BCUT2D eigenvalue weighted by molar-refractivity contribution is 9.10. The molecule has 104 valence electrons. The molecule has 0 aliphatic rings. The normalized spacial score (nSPS) is 10.2. The van der Waals surface area contributed by atoms with Gasteiger partial charge in [-0.3, -0.25) is 0 Å². The number of esters is 1. The summed E-state index contributed by atoms with van der Waals surface area (Å²) in [5.74, 6) is 0.961. The molecule has 0 saturated heterocycles. The Morgan fingerprint density at radius 1 is 1.05 bits per heavy atom. The minimum Gasteiger partial charge on any atom is -0.465 e. The van der Waals surface area contributed by atoms with Gasteiger partial charge in [-0.2, -0.15) is 0 Å². The smallest absolute Gasteiger partial charge is 0.338 e. The van der Waals surface area contributed by atoms with Gasteiger partial charge in [0.15, 0.2) is 0 Å². The Morgan fingerprint density at radius 2 is 1.80 bits per heavy atom. The molecule has 2 rings (SSSR count). The highest BCUT2D eigenvalue weighted by Gasteiger charge is 2.11. The van der Waals surface area contributed by atoms with E-state index in [1.54, 1.807) is 6.07 Å². The molecule has 0 bridgehead atoms.